The van der Waals surface area contributed by atoms with Crippen LogP contribution in [0.3, 0.4) is 0 Å². The summed E-state index contributed by atoms with van der Waals surface area (Å²) in [5, 5.41) is 29.7. The van der Waals surface area contributed by atoms with E-state index in [4.69, 9.17) is 14.2 Å². The van der Waals surface area contributed by atoms with Crippen LogP contribution in [0.1, 0.15) is 22.0 Å². The first-order valence-electron chi connectivity index (χ1n) is 7.49. The average molecular weight is 348 g/mol. The highest BCUT2D eigenvalue weighted by Crippen LogP contribution is 2.33. The number of aldehydes is 1. The average Bonchev–Trinajstić information content (AvgIpc) is 2.65. The number of aromatic hydroxyl groups is 1. The summed E-state index contributed by atoms with van der Waals surface area (Å²) < 4.78 is 15.8. The fourth-order valence-corrected chi connectivity index (χ4v) is 2.31. The lowest BCUT2D eigenvalue weighted by molar-refractivity contribution is -0.000522. The molecule has 0 saturated carbocycles. The maximum Gasteiger partial charge on any atom is 0.161 e. The lowest BCUT2D eigenvalue weighted by Gasteiger charge is -2.24. The van der Waals surface area contributed by atoms with Crippen LogP contribution < -0.4 is 14.2 Å². The normalized spacial score (nSPS) is 13.0. The third-order valence-electron chi connectivity index (χ3n) is 3.68. The lowest BCUT2D eigenvalue weighted by Crippen LogP contribution is -2.29. The van der Waals surface area contributed by atoms with Gasteiger partial charge in [-0.2, -0.15) is 0 Å². The summed E-state index contributed by atoms with van der Waals surface area (Å²) in [7, 11) is 2.82. The van der Waals surface area contributed by atoms with E-state index in [1.54, 1.807) is 0 Å². The van der Waals surface area contributed by atoms with E-state index in [1.807, 2.05) is 0 Å². The minimum absolute atomic E-state index is 0.0639. The van der Waals surface area contributed by atoms with E-state index in [9.17, 15) is 20.1 Å². The van der Waals surface area contributed by atoms with Crippen molar-refractivity contribution in [3.63, 3.8) is 0 Å². The number of aliphatic hydroxyl groups is 2. The molecule has 2 atom stereocenters. The fraction of sp³-hybridized carbons (Fsp3) is 0.278. The largest absolute Gasteiger partial charge is 0.504 e. The summed E-state index contributed by atoms with van der Waals surface area (Å²) in [6.45, 7) is -0.469. The minimum Gasteiger partial charge on any atom is -0.504 e. The number of methoxy groups -OCH3 is 2. The van der Waals surface area contributed by atoms with Crippen molar-refractivity contribution in [2.75, 3.05) is 20.8 Å². The number of carbonyl (C=O) groups is 1. The zero-order valence-electron chi connectivity index (χ0n) is 13.9. The number of benzene rings is 2. The SMILES string of the molecule is COc1cc([C@@H](O)[C@@H](CO)Oc2ccc(C=O)cc2OC)ccc1O. The van der Waals surface area contributed by atoms with Crippen molar-refractivity contribution in [3.05, 3.63) is 47.5 Å². The quantitative estimate of drug-likeness (QED) is 0.624. The molecule has 0 aliphatic rings. The Hall–Kier alpha value is -2.77. The van der Waals surface area contributed by atoms with Crippen molar-refractivity contribution in [3.8, 4) is 23.0 Å². The standard InChI is InChI=1S/C18H20O7/c1-23-15-8-12(4-5-13(15)21)18(22)17(10-20)25-14-6-3-11(9-19)7-16(14)24-2/h3-9,17-18,20-22H,10H2,1-2H3/t17-,18-/m1/s1. The predicted octanol–water partition coefficient (Wildman–Crippen LogP) is 1.70. The summed E-state index contributed by atoms with van der Waals surface area (Å²) in [4.78, 5) is 10.8. The molecule has 25 heavy (non-hydrogen) atoms. The second-order valence-corrected chi connectivity index (χ2v) is 5.24. The first kappa shape index (κ1) is 18.6. The second-order valence-electron chi connectivity index (χ2n) is 5.24. The Morgan fingerprint density at radius 3 is 2.36 bits per heavy atom. The van der Waals surface area contributed by atoms with Gasteiger partial charge in [-0.05, 0) is 35.9 Å². The van der Waals surface area contributed by atoms with Crippen LogP contribution in [-0.4, -0.2) is 48.5 Å². The van der Waals surface area contributed by atoms with Crippen molar-refractivity contribution in [2.45, 2.75) is 12.2 Å². The molecule has 0 amide bonds. The van der Waals surface area contributed by atoms with Gasteiger partial charge in [0.15, 0.2) is 29.1 Å². The van der Waals surface area contributed by atoms with Crippen LogP contribution >= 0.6 is 0 Å². The van der Waals surface area contributed by atoms with E-state index in [-0.39, 0.29) is 17.2 Å². The van der Waals surface area contributed by atoms with Gasteiger partial charge in [0, 0.05) is 5.56 Å². The van der Waals surface area contributed by atoms with Crippen molar-refractivity contribution >= 4 is 6.29 Å². The van der Waals surface area contributed by atoms with E-state index in [0.29, 0.717) is 23.2 Å². The van der Waals surface area contributed by atoms with Gasteiger partial charge in [0.1, 0.15) is 12.4 Å². The van der Waals surface area contributed by atoms with E-state index >= 15 is 0 Å². The Balaban J connectivity index is 2.26. The molecule has 0 heterocycles. The van der Waals surface area contributed by atoms with Crippen LogP contribution in [-0.2, 0) is 0 Å². The number of hydrogen-bond acceptors (Lipinski definition) is 7. The van der Waals surface area contributed by atoms with Crippen molar-refractivity contribution < 1.29 is 34.3 Å². The second kappa shape index (κ2) is 8.36. The molecule has 0 aliphatic heterocycles. The van der Waals surface area contributed by atoms with E-state index < -0.39 is 18.8 Å². The van der Waals surface area contributed by atoms with Crippen molar-refractivity contribution in [2.24, 2.45) is 0 Å². The number of carbonyl (C=O) groups excluding carboxylic acids is 1. The smallest absolute Gasteiger partial charge is 0.161 e. The minimum atomic E-state index is -1.19. The third-order valence-corrected chi connectivity index (χ3v) is 3.68. The molecule has 2 aromatic carbocycles. The highest BCUT2D eigenvalue weighted by molar-refractivity contribution is 5.76. The van der Waals surface area contributed by atoms with Gasteiger partial charge in [0.25, 0.3) is 0 Å². The molecule has 0 bridgehead atoms. The van der Waals surface area contributed by atoms with Crippen molar-refractivity contribution in [1.29, 1.82) is 0 Å². The fourth-order valence-electron chi connectivity index (χ4n) is 2.31. The summed E-state index contributed by atoms with van der Waals surface area (Å²) in [6, 6.07) is 8.89. The van der Waals surface area contributed by atoms with Gasteiger partial charge < -0.3 is 29.5 Å². The highest BCUT2D eigenvalue weighted by Gasteiger charge is 2.24. The summed E-state index contributed by atoms with van der Waals surface area (Å²) >= 11 is 0. The molecule has 0 radical (unpaired) electrons. The first-order chi connectivity index (χ1) is 12.0. The van der Waals surface area contributed by atoms with Crippen LogP contribution in [0.15, 0.2) is 36.4 Å². The molecule has 134 valence electrons. The molecule has 7 nitrogen and oxygen atoms in total. The molecule has 0 saturated heterocycles. The molecule has 0 fully saturated rings. The topological polar surface area (TPSA) is 105 Å². The number of phenols is 1. The van der Waals surface area contributed by atoms with Gasteiger partial charge in [-0.1, -0.05) is 6.07 Å². The summed E-state index contributed by atoms with van der Waals surface area (Å²) in [5.41, 5.74) is 0.811. The summed E-state index contributed by atoms with van der Waals surface area (Å²) in [6.07, 6.45) is -1.51. The molecule has 0 spiro atoms. The Bertz CT molecular complexity index is 729. The number of aliphatic hydroxyl groups excluding tert-OH is 2. The maximum absolute atomic E-state index is 10.8. The van der Waals surface area contributed by atoms with Crippen LogP contribution in [0.4, 0.5) is 0 Å². The van der Waals surface area contributed by atoms with Gasteiger partial charge in [-0.3, -0.25) is 4.79 Å². The zero-order chi connectivity index (χ0) is 18.4. The number of rotatable bonds is 8. The van der Waals surface area contributed by atoms with Gasteiger partial charge in [-0.15, -0.1) is 0 Å². The molecular weight excluding hydrogens is 328 g/mol. The van der Waals surface area contributed by atoms with Crippen LogP contribution in [0, 0.1) is 0 Å². The highest BCUT2D eigenvalue weighted by atomic mass is 16.5. The molecule has 0 aromatic heterocycles. The van der Waals surface area contributed by atoms with Gasteiger partial charge in [-0.25, -0.2) is 0 Å². The van der Waals surface area contributed by atoms with E-state index in [1.165, 1.54) is 50.6 Å². The molecule has 2 aromatic rings. The number of ether oxygens (including phenoxy) is 3. The number of hydrogen-bond donors (Lipinski definition) is 3. The Morgan fingerprint density at radius 1 is 1.04 bits per heavy atom. The third kappa shape index (κ3) is 4.20. The lowest BCUT2D eigenvalue weighted by atomic mass is 10.0. The first-order valence-corrected chi connectivity index (χ1v) is 7.49. The molecular formula is C18H20O7. The number of phenolic OH excluding ortho intramolecular Hbond substituents is 1. The Kier molecular flexibility index (Phi) is 6.21. The maximum atomic E-state index is 10.8. The van der Waals surface area contributed by atoms with Gasteiger partial charge >= 0.3 is 0 Å². The molecule has 2 rings (SSSR count). The van der Waals surface area contributed by atoms with Crippen LogP contribution in [0.25, 0.3) is 0 Å². The monoisotopic (exact) mass is 348 g/mol. The van der Waals surface area contributed by atoms with Crippen molar-refractivity contribution in [1.82, 2.24) is 0 Å². The molecule has 3 N–H and O–H groups in total. The Labute approximate surface area is 145 Å². The predicted molar refractivity (Wildman–Crippen MR) is 89.5 cm³/mol. The van der Waals surface area contributed by atoms with Crippen LogP contribution in [0.2, 0.25) is 0 Å². The van der Waals surface area contributed by atoms with E-state index in [0.717, 1.165) is 0 Å². The summed E-state index contributed by atoms with van der Waals surface area (Å²) in [5.74, 6) is 0.711. The Morgan fingerprint density at radius 2 is 1.76 bits per heavy atom. The van der Waals surface area contributed by atoms with Gasteiger partial charge in [0.2, 0.25) is 0 Å². The van der Waals surface area contributed by atoms with E-state index in [2.05, 4.69) is 0 Å². The van der Waals surface area contributed by atoms with Crippen LogP contribution in [0.5, 0.6) is 23.0 Å². The van der Waals surface area contributed by atoms with Gasteiger partial charge in [0.05, 0.1) is 20.8 Å². The molecule has 7 heteroatoms. The molecule has 0 unspecified atom stereocenters. The zero-order valence-corrected chi connectivity index (χ0v) is 13.9. The molecule has 0 aliphatic carbocycles.